The largest absolute Gasteiger partial charge is 0.487 e. The summed E-state index contributed by atoms with van der Waals surface area (Å²) in [7, 11) is 0. The predicted molar refractivity (Wildman–Crippen MR) is 59.5 cm³/mol. The zero-order valence-electron chi connectivity index (χ0n) is 7.26. The highest BCUT2D eigenvalue weighted by molar-refractivity contribution is 14.1. The average molecular weight is 303 g/mol. The minimum atomic E-state index is -0.433. The van der Waals surface area contributed by atoms with Crippen molar-refractivity contribution in [3.05, 3.63) is 39.7 Å². The van der Waals surface area contributed by atoms with Crippen molar-refractivity contribution in [2.75, 3.05) is 6.61 Å². The summed E-state index contributed by atoms with van der Waals surface area (Å²) in [6.45, 7) is 3.80. The first-order chi connectivity index (χ1) is 6.69. The Morgan fingerprint density at radius 3 is 2.93 bits per heavy atom. The number of ether oxygens (including phenoxy) is 1. The molecule has 0 spiro atoms. The van der Waals surface area contributed by atoms with Crippen LogP contribution in [-0.4, -0.2) is 6.61 Å². The number of nitriles is 1. The van der Waals surface area contributed by atoms with Crippen molar-refractivity contribution < 1.29 is 9.13 Å². The number of nitrogens with zero attached hydrogens (tertiary/aromatic N) is 1. The van der Waals surface area contributed by atoms with Crippen molar-refractivity contribution >= 4 is 22.6 Å². The fraction of sp³-hybridized carbons (Fsp3) is 0.100. The molecular formula is C10H7FINO. The third-order valence-electron chi connectivity index (χ3n) is 1.47. The van der Waals surface area contributed by atoms with Crippen LogP contribution in [0.5, 0.6) is 5.75 Å². The highest BCUT2D eigenvalue weighted by Crippen LogP contribution is 2.26. The molecule has 0 aromatic heterocycles. The summed E-state index contributed by atoms with van der Waals surface area (Å²) in [5, 5.41) is 8.74. The first-order valence-electron chi connectivity index (χ1n) is 3.82. The second-order valence-electron chi connectivity index (χ2n) is 2.48. The molecule has 0 saturated heterocycles. The van der Waals surface area contributed by atoms with Gasteiger partial charge in [0.05, 0.1) is 9.13 Å². The molecule has 0 fully saturated rings. The van der Waals surface area contributed by atoms with Crippen molar-refractivity contribution in [3.8, 4) is 11.8 Å². The zero-order chi connectivity index (χ0) is 10.6. The third kappa shape index (κ3) is 2.45. The fourth-order valence-corrected chi connectivity index (χ4v) is 1.68. The van der Waals surface area contributed by atoms with Crippen LogP contribution in [0.4, 0.5) is 4.39 Å². The van der Waals surface area contributed by atoms with Crippen molar-refractivity contribution in [2.24, 2.45) is 0 Å². The molecule has 1 aromatic rings. The maximum atomic E-state index is 12.9. The molecule has 1 rings (SSSR count). The predicted octanol–water partition coefficient (Wildman–Crippen LogP) is 2.87. The summed E-state index contributed by atoms with van der Waals surface area (Å²) >= 11 is 1.92. The Morgan fingerprint density at radius 2 is 2.36 bits per heavy atom. The lowest BCUT2D eigenvalue weighted by molar-refractivity contribution is 0.358. The zero-order valence-corrected chi connectivity index (χ0v) is 9.42. The van der Waals surface area contributed by atoms with Gasteiger partial charge in [0.25, 0.3) is 0 Å². The Kier molecular flexibility index (Phi) is 3.89. The molecule has 0 aliphatic rings. The van der Waals surface area contributed by atoms with Crippen LogP contribution < -0.4 is 4.74 Å². The second kappa shape index (κ2) is 4.96. The molecule has 0 atom stereocenters. The van der Waals surface area contributed by atoms with Crippen LogP contribution in [0, 0.1) is 20.7 Å². The summed E-state index contributed by atoms with van der Waals surface area (Å²) < 4.78 is 18.7. The monoisotopic (exact) mass is 303 g/mol. The van der Waals surface area contributed by atoms with Gasteiger partial charge in [0.15, 0.2) is 5.75 Å². The van der Waals surface area contributed by atoms with Crippen LogP contribution in [0.2, 0.25) is 0 Å². The number of halogens is 2. The van der Waals surface area contributed by atoms with E-state index in [-0.39, 0.29) is 5.56 Å². The minimum Gasteiger partial charge on any atom is -0.487 e. The molecule has 0 amide bonds. The number of hydrogen-bond acceptors (Lipinski definition) is 2. The van der Waals surface area contributed by atoms with Crippen LogP contribution in [-0.2, 0) is 0 Å². The average Bonchev–Trinajstić information content (AvgIpc) is 2.15. The first-order valence-corrected chi connectivity index (χ1v) is 4.89. The van der Waals surface area contributed by atoms with E-state index in [4.69, 9.17) is 10.00 Å². The van der Waals surface area contributed by atoms with Gasteiger partial charge in [-0.05, 0) is 34.7 Å². The van der Waals surface area contributed by atoms with Crippen LogP contribution in [0.3, 0.4) is 0 Å². The van der Waals surface area contributed by atoms with Gasteiger partial charge in [0.2, 0.25) is 0 Å². The maximum absolute atomic E-state index is 12.9. The molecule has 0 N–H and O–H groups in total. The molecule has 0 radical (unpaired) electrons. The lowest BCUT2D eigenvalue weighted by atomic mass is 10.2. The van der Waals surface area contributed by atoms with Gasteiger partial charge in [-0.1, -0.05) is 12.7 Å². The van der Waals surface area contributed by atoms with Gasteiger partial charge < -0.3 is 4.74 Å². The Balaban J connectivity index is 3.13. The van der Waals surface area contributed by atoms with Gasteiger partial charge in [-0.3, -0.25) is 0 Å². The second-order valence-corrected chi connectivity index (χ2v) is 3.64. The van der Waals surface area contributed by atoms with E-state index in [2.05, 4.69) is 6.58 Å². The van der Waals surface area contributed by atoms with Gasteiger partial charge in [0, 0.05) is 0 Å². The fourth-order valence-electron chi connectivity index (χ4n) is 0.932. The number of benzene rings is 1. The lowest BCUT2D eigenvalue weighted by Crippen LogP contribution is -1.98. The van der Waals surface area contributed by atoms with E-state index in [0.717, 1.165) is 6.07 Å². The molecule has 0 unspecified atom stereocenters. The molecule has 1 aromatic carbocycles. The van der Waals surface area contributed by atoms with Gasteiger partial charge in [-0.15, -0.1) is 0 Å². The molecule has 0 aliphatic heterocycles. The van der Waals surface area contributed by atoms with E-state index >= 15 is 0 Å². The van der Waals surface area contributed by atoms with Crippen LogP contribution >= 0.6 is 22.6 Å². The molecular weight excluding hydrogens is 296 g/mol. The van der Waals surface area contributed by atoms with E-state index < -0.39 is 5.82 Å². The highest BCUT2D eigenvalue weighted by Gasteiger charge is 2.09. The van der Waals surface area contributed by atoms with Gasteiger partial charge in [-0.25, -0.2) is 4.39 Å². The minimum absolute atomic E-state index is 0.205. The smallest absolute Gasteiger partial charge is 0.151 e. The standard InChI is InChI=1S/C10H7FINO/c1-2-3-14-10-7(6-13)4-8(11)5-9(10)12/h2,4-5H,1,3H2. The highest BCUT2D eigenvalue weighted by atomic mass is 127. The SMILES string of the molecule is C=CCOc1c(I)cc(F)cc1C#N. The Labute approximate surface area is 95.1 Å². The molecule has 14 heavy (non-hydrogen) atoms. The van der Waals surface area contributed by atoms with Crippen molar-refractivity contribution in [1.82, 2.24) is 0 Å². The Hall–Kier alpha value is -1.09. The van der Waals surface area contributed by atoms with Crippen LogP contribution in [0.1, 0.15) is 5.56 Å². The Bertz CT molecular complexity index is 398. The van der Waals surface area contributed by atoms with Crippen molar-refractivity contribution in [1.29, 1.82) is 5.26 Å². The van der Waals surface area contributed by atoms with Gasteiger partial charge in [0.1, 0.15) is 18.5 Å². The van der Waals surface area contributed by atoms with E-state index in [9.17, 15) is 4.39 Å². The number of hydrogen-bond donors (Lipinski definition) is 0. The van der Waals surface area contributed by atoms with E-state index in [1.165, 1.54) is 6.07 Å². The van der Waals surface area contributed by atoms with Crippen LogP contribution in [0.15, 0.2) is 24.8 Å². The van der Waals surface area contributed by atoms with Crippen molar-refractivity contribution in [2.45, 2.75) is 0 Å². The third-order valence-corrected chi connectivity index (χ3v) is 2.28. The quantitative estimate of drug-likeness (QED) is 0.635. The summed E-state index contributed by atoms with van der Waals surface area (Å²) in [6, 6.07) is 4.35. The molecule has 2 nitrogen and oxygen atoms in total. The van der Waals surface area contributed by atoms with E-state index in [1.807, 2.05) is 28.7 Å². The van der Waals surface area contributed by atoms with E-state index in [0.29, 0.717) is 15.9 Å². The summed E-state index contributed by atoms with van der Waals surface area (Å²) in [6.07, 6.45) is 1.57. The normalized spacial score (nSPS) is 9.21. The lowest BCUT2D eigenvalue weighted by Gasteiger charge is -2.07. The van der Waals surface area contributed by atoms with Gasteiger partial charge >= 0.3 is 0 Å². The van der Waals surface area contributed by atoms with Gasteiger partial charge in [-0.2, -0.15) is 5.26 Å². The number of rotatable bonds is 3. The molecule has 4 heteroatoms. The topological polar surface area (TPSA) is 33.0 Å². The van der Waals surface area contributed by atoms with E-state index in [1.54, 1.807) is 6.08 Å². The molecule has 0 aliphatic carbocycles. The van der Waals surface area contributed by atoms with Crippen LogP contribution in [0.25, 0.3) is 0 Å². The molecule has 0 bridgehead atoms. The molecule has 72 valence electrons. The Morgan fingerprint density at radius 1 is 1.64 bits per heavy atom. The molecule has 0 heterocycles. The maximum Gasteiger partial charge on any atom is 0.151 e. The summed E-state index contributed by atoms with van der Waals surface area (Å²) in [5.74, 6) is -0.0219. The first kappa shape index (κ1) is 11.0. The summed E-state index contributed by atoms with van der Waals surface area (Å²) in [4.78, 5) is 0. The summed E-state index contributed by atoms with van der Waals surface area (Å²) in [5.41, 5.74) is 0.205. The van der Waals surface area contributed by atoms with Crippen molar-refractivity contribution in [3.63, 3.8) is 0 Å². The molecule has 0 saturated carbocycles.